The number of hydrogen-bond donors (Lipinski definition) is 2. The number of esters is 1. The zero-order valence-electron chi connectivity index (χ0n) is 17.8. The Labute approximate surface area is 191 Å². The molecule has 0 saturated carbocycles. The third kappa shape index (κ3) is 5.26. The Balaban J connectivity index is 1.73. The van der Waals surface area contributed by atoms with Gasteiger partial charge in [-0.15, -0.1) is 0 Å². The number of rotatable bonds is 6. The first-order valence-corrected chi connectivity index (χ1v) is 11.7. The van der Waals surface area contributed by atoms with Crippen LogP contribution in [0.25, 0.3) is 0 Å². The van der Waals surface area contributed by atoms with Gasteiger partial charge >= 0.3 is 5.97 Å². The summed E-state index contributed by atoms with van der Waals surface area (Å²) in [5.74, 6) is -1.34. The summed E-state index contributed by atoms with van der Waals surface area (Å²) in [4.78, 5) is 29.1. The lowest BCUT2D eigenvalue weighted by Crippen LogP contribution is -2.43. The van der Waals surface area contributed by atoms with E-state index >= 15 is 0 Å². The number of sulfonamides is 1. The van der Waals surface area contributed by atoms with Crippen molar-refractivity contribution >= 4 is 39.3 Å². The second-order valence-electron chi connectivity index (χ2n) is 7.66. The number of carbonyl (C=O) groups is 2. The third-order valence-electron chi connectivity index (χ3n) is 5.23. The lowest BCUT2D eigenvalue weighted by Gasteiger charge is -2.24. The Bertz CT molecular complexity index is 1120. The van der Waals surface area contributed by atoms with E-state index in [-0.39, 0.29) is 23.7 Å². The number of hydrogen-bond acceptors (Lipinski definition) is 7. The predicted molar refractivity (Wildman–Crippen MR) is 118 cm³/mol. The monoisotopic (exact) mass is 481 g/mol. The lowest BCUT2D eigenvalue weighted by atomic mass is 10.1. The molecular weight excluding hydrogens is 458 g/mol. The maximum atomic E-state index is 13.2. The minimum absolute atomic E-state index is 0.0205. The van der Waals surface area contributed by atoms with Gasteiger partial charge < -0.3 is 15.2 Å². The number of aliphatic hydroxyl groups excluding tert-OH is 1. The number of amides is 1. The highest BCUT2D eigenvalue weighted by molar-refractivity contribution is 7.89. The number of aromatic nitrogens is 1. The highest BCUT2D eigenvalue weighted by atomic mass is 35.5. The number of pyridine rings is 1. The van der Waals surface area contributed by atoms with Gasteiger partial charge in [-0.1, -0.05) is 17.7 Å². The molecule has 3 rings (SSSR count). The van der Waals surface area contributed by atoms with E-state index in [4.69, 9.17) is 16.3 Å². The number of β-amino-alcohol motifs (C(OH)–C–C–N with tert-alkyl or cyclic N) is 1. The molecule has 0 bridgehead atoms. The van der Waals surface area contributed by atoms with E-state index in [0.29, 0.717) is 5.02 Å². The Morgan fingerprint density at radius 2 is 1.97 bits per heavy atom. The summed E-state index contributed by atoms with van der Waals surface area (Å²) in [6.45, 7) is 4.76. The van der Waals surface area contributed by atoms with Gasteiger partial charge in [0.05, 0.1) is 16.0 Å². The Morgan fingerprint density at radius 3 is 2.59 bits per heavy atom. The van der Waals surface area contributed by atoms with Crippen LogP contribution in [-0.4, -0.2) is 59.5 Å². The van der Waals surface area contributed by atoms with Crippen molar-refractivity contribution in [2.45, 2.75) is 50.3 Å². The van der Waals surface area contributed by atoms with Crippen LogP contribution in [0.5, 0.6) is 0 Å². The van der Waals surface area contributed by atoms with Gasteiger partial charge in [0.2, 0.25) is 10.0 Å². The smallest absolute Gasteiger partial charge is 0.325 e. The number of benzene rings is 1. The molecule has 1 aromatic carbocycles. The molecule has 9 nitrogen and oxygen atoms in total. The molecule has 3 unspecified atom stereocenters. The number of nitrogens with zero attached hydrogens (tertiary/aromatic N) is 2. The molecule has 11 heteroatoms. The largest absolute Gasteiger partial charge is 0.451 e. The topological polar surface area (TPSA) is 126 Å². The zero-order valence-corrected chi connectivity index (χ0v) is 19.4. The standard InChI is InChI=1S/C21H24ClN3O6S/c1-12-4-6-17(8-13(12)2)32(29,30)25-11-16(26)9-18(25)21(28)31-14(3)20(27)24-19-7-5-15(22)10-23-19/h4-8,10,14,16,18,26H,9,11H2,1-3H3,(H,23,24,27). The summed E-state index contributed by atoms with van der Waals surface area (Å²) in [5, 5.41) is 13.0. The van der Waals surface area contributed by atoms with Gasteiger partial charge in [0.15, 0.2) is 6.10 Å². The number of aliphatic hydroxyl groups is 1. The van der Waals surface area contributed by atoms with E-state index in [1.807, 2.05) is 6.92 Å². The van der Waals surface area contributed by atoms with Crippen molar-refractivity contribution in [3.05, 3.63) is 52.7 Å². The summed E-state index contributed by atoms with van der Waals surface area (Å²) in [6, 6.07) is 6.43. The van der Waals surface area contributed by atoms with E-state index in [9.17, 15) is 23.1 Å². The van der Waals surface area contributed by atoms with Crippen LogP contribution < -0.4 is 5.32 Å². The molecule has 2 heterocycles. The minimum Gasteiger partial charge on any atom is -0.451 e. The van der Waals surface area contributed by atoms with Gasteiger partial charge in [-0.3, -0.25) is 9.59 Å². The molecule has 1 amide bonds. The van der Waals surface area contributed by atoms with Crippen LogP contribution in [0, 0.1) is 13.8 Å². The van der Waals surface area contributed by atoms with Gasteiger partial charge in [-0.25, -0.2) is 13.4 Å². The third-order valence-corrected chi connectivity index (χ3v) is 7.33. The van der Waals surface area contributed by atoms with Gasteiger partial charge in [-0.2, -0.15) is 4.31 Å². The average Bonchev–Trinajstić information content (AvgIpc) is 3.14. The highest BCUT2D eigenvalue weighted by Crippen LogP contribution is 2.28. The van der Waals surface area contributed by atoms with E-state index < -0.39 is 40.1 Å². The lowest BCUT2D eigenvalue weighted by molar-refractivity contribution is -0.156. The average molecular weight is 482 g/mol. The first kappa shape index (κ1) is 24.1. The molecule has 0 radical (unpaired) electrons. The van der Waals surface area contributed by atoms with Crippen molar-refractivity contribution in [2.75, 3.05) is 11.9 Å². The summed E-state index contributed by atoms with van der Waals surface area (Å²) in [7, 11) is -4.06. The van der Waals surface area contributed by atoms with Crippen molar-refractivity contribution in [3.63, 3.8) is 0 Å². The van der Waals surface area contributed by atoms with Crippen LogP contribution in [0.4, 0.5) is 5.82 Å². The fraction of sp³-hybridized carbons (Fsp3) is 0.381. The number of nitrogens with one attached hydrogen (secondary N) is 1. The molecule has 0 aliphatic carbocycles. The second-order valence-corrected chi connectivity index (χ2v) is 9.98. The van der Waals surface area contributed by atoms with Crippen molar-refractivity contribution in [1.29, 1.82) is 0 Å². The second kappa shape index (κ2) is 9.53. The maximum Gasteiger partial charge on any atom is 0.325 e. The van der Waals surface area contributed by atoms with Crippen LogP contribution in [0.15, 0.2) is 41.4 Å². The Hall–Kier alpha value is -2.53. The minimum atomic E-state index is -4.06. The molecule has 1 aromatic heterocycles. The van der Waals surface area contributed by atoms with E-state index in [1.165, 1.54) is 37.4 Å². The molecule has 3 atom stereocenters. The molecular formula is C21H24ClN3O6S. The summed E-state index contributed by atoms with van der Waals surface area (Å²) in [5.41, 5.74) is 1.71. The summed E-state index contributed by atoms with van der Waals surface area (Å²) in [6.07, 6.45) is -1.03. The van der Waals surface area contributed by atoms with Gasteiger partial charge in [0, 0.05) is 19.2 Å². The summed E-state index contributed by atoms with van der Waals surface area (Å²) >= 11 is 5.76. The van der Waals surface area contributed by atoms with Crippen LogP contribution in [-0.2, 0) is 24.3 Å². The van der Waals surface area contributed by atoms with Crippen molar-refractivity contribution in [1.82, 2.24) is 9.29 Å². The SMILES string of the molecule is Cc1ccc(S(=O)(=O)N2CC(O)CC2C(=O)OC(C)C(=O)Nc2ccc(Cl)cn2)cc1C. The number of aryl methyl sites for hydroxylation is 2. The number of anilines is 1. The molecule has 1 aliphatic rings. The predicted octanol–water partition coefficient (Wildman–Crippen LogP) is 2.05. The molecule has 0 spiro atoms. The van der Waals surface area contributed by atoms with Crippen LogP contribution in [0.3, 0.4) is 0 Å². The molecule has 2 N–H and O–H groups in total. The fourth-order valence-corrected chi connectivity index (χ4v) is 5.08. The van der Waals surface area contributed by atoms with Crippen LogP contribution in [0.2, 0.25) is 5.02 Å². The van der Waals surface area contributed by atoms with Gasteiger partial charge in [-0.05, 0) is 56.2 Å². The molecule has 1 fully saturated rings. The summed E-state index contributed by atoms with van der Waals surface area (Å²) < 4.78 is 32.5. The van der Waals surface area contributed by atoms with Crippen LogP contribution in [0.1, 0.15) is 24.5 Å². The zero-order chi connectivity index (χ0) is 23.6. The first-order chi connectivity index (χ1) is 15.0. The van der Waals surface area contributed by atoms with Crippen LogP contribution >= 0.6 is 11.6 Å². The first-order valence-electron chi connectivity index (χ1n) is 9.89. The highest BCUT2D eigenvalue weighted by Gasteiger charge is 2.45. The number of halogens is 1. The molecule has 2 aromatic rings. The van der Waals surface area contributed by atoms with E-state index in [1.54, 1.807) is 13.0 Å². The fourth-order valence-electron chi connectivity index (χ4n) is 3.26. The van der Waals surface area contributed by atoms with E-state index in [0.717, 1.165) is 15.4 Å². The van der Waals surface area contributed by atoms with Gasteiger partial charge in [0.25, 0.3) is 5.91 Å². The van der Waals surface area contributed by atoms with E-state index in [2.05, 4.69) is 10.3 Å². The van der Waals surface area contributed by atoms with Gasteiger partial charge in [0.1, 0.15) is 11.9 Å². The Morgan fingerprint density at radius 1 is 1.25 bits per heavy atom. The van der Waals surface area contributed by atoms with Crippen molar-refractivity contribution in [2.24, 2.45) is 0 Å². The van der Waals surface area contributed by atoms with Crippen molar-refractivity contribution in [3.8, 4) is 0 Å². The number of ether oxygens (including phenoxy) is 1. The Kier molecular flexibility index (Phi) is 7.19. The molecule has 32 heavy (non-hydrogen) atoms. The molecule has 1 saturated heterocycles. The number of carbonyl (C=O) groups excluding carboxylic acids is 2. The van der Waals surface area contributed by atoms with Crippen molar-refractivity contribution < 1.29 is 27.9 Å². The quantitative estimate of drug-likeness (QED) is 0.604. The molecule has 1 aliphatic heterocycles. The maximum absolute atomic E-state index is 13.2. The normalized spacial score (nSPS) is 20.0. The molecule has 172 valence electrons.